The quantitative estimate of drug-likeness (QED) is 0.569. The molecule has 2 aromatic carbocycles. The van der Waals surface area contributed by atoms with Gasteiger partial charge >= 0.3 is 5.69 Å². The standard InChI is InChI=1S/C17H17N3O3/c21-13(8-11-4-2-1-3-5-11)10-18-16(22)12-6-7-14-15(9-12)20-17(23)19-14/h1-7,9,13,21H,8,10H2,(H,18,22)(H2,19,20,23)/t13-/m1/s1. The van der Waals surface area contributed by atoms with Crippen LogP contribution in [-0.2, 0) is 6.42 Å². The van der Waals surface area contributed by atoms with Crippen LogP contribution in [-0.4, -0.2) is 33.6 Å². The molecule has 0 fully saturated rings. The van der Waals surface area contributed by atoms with Crippen LogP contribution in [0, 0.1) is 0 Å². The van der Waals surface area contributed by atoms with E-state index in [2.05, 4.69) is 15.3 Å². The summed E-state index contributed by atoms with van der Waals surface area (Å²) in [5.41, 5.74) is 2.36. The third kappa shape index (κ3) is 3.67. The summed E-state index contributed by atoms with van der Waals surface area (Å²) in [4.78, 5) is 28.6. The Morgan fingerprint density at radius 2 is 1.83 bits per heavy atom. The largest absolute Gasteiger partial charge is 0.391 e. The summed E-state index contributed by atoms with van der Waals surface area (Å²) < 4.78 is 0. The van der Waals surface area contributed by atoms with Crippen molar-refractivity contribution in [2.45, 2.75) is 12.5 Å². The Hall–Kier alpha value is -2.86. The molecule has 0 radical (unpaired) electrons. The predicted octanol–water partition coefficient (Wildman–Crippen LogP) is 1.19. The van der Waals surface area contributed by atoms with Crippen LogP contribution in [0.4, 0.5) is 0 Å². The fourth-order valence-electron chi connectivity index (χ4n) is 2.44. The molecule has 0 aliphatic carbocycles. The number of benzene rings is 2. The first-order chi connectivity index (χ1) is 11.1. The van der Waals surface area contributed by atoms with Gasteiger partial charge in [0.1, 0.15) is 0 Å². The maximum absolute atomic E-state index is 12.1. The molecule has 6 nitrogen and oxygen atoms in total. The van der Waals surface area contributed by atoms with E-state index in [1.54, 1.807) is 18.2 Å². The van der Waals surface area contributed by atoms with Crippen molar-refractivity contribution in [1.29, 1.82) is 0 Å². The van der Waals surface area contributed by atoms with E-state index in [4.69, 9.17) is 0 Å². The van der Waals surface area contributed by atoms with Gasteiger partial charge in [-0.05, 0) is 23.8 Å². The van der Waals surface area contributed by atoms with Gasteiger partial charge in [-0.15, -0.1) is 0 Å². The third-order valence-corrected chi connectivity index (χ3v) is 3.59. The van der Waals surface area contributed by atoms with Crippen molar-refractivity contribution in [2.75, 3.05) is 6.54 Å². The van der Waals surface area contributed by atoms with Crippen molar-refractivity contribution in [3.8, 4) is 0 Å². The molecule has 3 rings (SSSR count). The smallest absolute Gasteiger partial charge is 0.323 e. The van der Waals surface area contributed by atoms with Crippen LogP contribution in [0.3, 0.4) is 0 Å². The molecule has 4 N–H and O–H groups in total. The highest BCUT2D eigenvalue weighted by molar-refractivity contribution is 5.97. The number of H-pyrrole nitrogens is 2. The van der Waals surface area contributed by atoms with Crippen molar-refractivity contribution in [3.63, 3.8) is 0 Å². The van der Waals surface area contributed by atoms with Gasteiger partial charge in [-0.2, -0.15) is 0 Å². The molecule has 1 amide bonds. The first-order valence-electron chi connectivity index (χ1n) is 7.34. The van der Waals surface area contributed by atoms with Gasteiger partial charge in [0, 0.05) is 18.5 Å². The predicted molar refractivity (Wildman–Crippen MR) is 87.4 cm³/mol. The molecular formula is C17H17N3O3. The van der Waals surface area contributed by atoms with Crippen LogP contribution in [0.1, 0.15) is 15.9 Å². The van der Waals surface area contributed by atoms with Gasteiger partial charge in [-0.1, -0.05) is 30.3 Å². The number of carbonyl (C=O) groups is 1. The van der Waals surface area contributed by atoms with E-state index >= 15 is 0 Å². The average molecular weight is 311 g/mol. The number of hydrogen-bond acceptors (Lipinski definition) is 3. The number of aromatic amines is 2. The molecule has 3 aromatic rings. The SMILES string of the molecule is O=C(NC[C@H](O)Cc1ccccc1)c1ccc2[nH]c(=O)[nH]c2c1. The molecule has 1 atom stereocenters. The summed E-state index contributed by atoms with van der Waals surface area (Å²) in [6.07, 6.45) is -0.178. The highest BCUT2D eigenvalue weighted by atomic mass is 16.3. The number of carbonyl (C=O) groups excluding carboxylic acids is 1. The zero-order valence-corrected chi connectivity index (χ0v) is 12.4. The molecule has 6 heteroatoms. The second-order valence-corrected chi connectivity index (χ2v) is 5.39. The maximum Gasteiger partial charge on any atom is 0.323 e. The number of aromatic nitrogens is 2. The van der Waals surface area contributed by atoms with E-state index in [0.717, 1.165) is 5.56 Å². The second kappa shape index (κ2) is 6.50. The highest BCUT2D eigenvalue weighted by Crippen LogP contribution is 2.10. The van der Waals surface area contributed by atoms with Gasteiger partial charge < -0.3 is 20.4 Å². The van der Waals surface area contributed by atoms with Gasteiger partial charge in [0.2, 0.25) is 0 Å². The lowest BCUT2D eigenvalue weighted by Crippen LogP contribution is -2.33. The fourth-order valence-corrected chi connectivity index (χ4v) is 2.44. The Labute approximate surface area is 132 Å². The number of aliphatic hydroxyl groups excluding tert-OH is 1. The van der Waals surface area contributed by atoms with Crippen molar-refractivity contribution in [2.24, 2.45) is 0 Å². The normalized spacial score (nSPS) is 12.2. The van der Waals surface area contributed by atoms with Crippen LogP contribution >= 0.6 is 0 Å². The van der Waals surface area contributed by atoms with Crippen LogP contribution in [0.5, 0.6) is 0 Å². The monoisotopic (exact) mass is 311 g/mol. The van der Waals surface area contributed by atoms with Gasteiger partial charge in [0.25, 0.3) is 5.91 Å². The van der Waals surface area contributed by atoms with E-state index in [1.165, 1.54) is 0 Å². The molecule has 118 valence electrons. The minimum atomic E-state index is -0.655. The lowest BCUT2D eigenvalue weighted by Gasteiger charge is -2.12. The van der Waals surface area contributed by atoms with Crippen LogP contribution in [0.2, 0.25) is 0 Å². The van der Waals surface area contributed by atoms with E-state index < -0.39 is 6.10 Å². The number of amides is 1. The number of nitrogens with one attached hydrogen (secondary N) is 3. The average Bonchev–Trinajstić information content (AvgIpc) is 2.92. The molecule has 1 aromatic heterocycles. The molecule has 0 unspecified atom stereocenters. The van der Waals surface area contributed by atoms with Crippen LogP contribution in [0.15, 0.2) is 53.3 Å². The number of imidazole rings is 1. The Bertz CT molecular complexity index is 867. The second-order valence-electron chi connectivity index (χ2n) is 5.39. The Balaban J connectivity index is 1.60. The topological polar surface area (TPSA) is 98.0 Å². The van der Waals surface area contributed by atoms with E-state index in [0.29, 0.717) is 23.0 Å². The number of hydrogen-bond donors (Lipinski definition) is 4. The van der Waals surface area contributed by atoms with Crippen molar-refractivity contribution in [3.05, 3.63) is 70.1 Å². The zero-order chi connectivity index (χ0) is 16.2. The summed E-state index contributed by atoms with van der Waals surface area (Å²) in [6, 6.07) is 14.5. The summed E-state index contributed by atoms with van der Waals surface area (Å²) in [5, 5.41) is 12.7. The van der Waals surface area contributed by atoms with Crippen molar-refractivity contribution >= 4 is 16.9 Å². The number of aliphatic hydroxyl groups is 1. The third-order valence-electron chi connectivity index (χ3n) is 3.59. The first-order valence-corrected chi connectivity index (χ1v) is 7.34. The van der Waals surface area contributed by atoms with Crippen molar-refractivity contribution < 1.29 is 9.90 Å². The summed E-state index contributed by atoms with van der Waals surface area (Å²) >= 11 is 0. The van der Waals surface area contributed by atoms with E-state index in [1.807, 2.05) is 30.3 Å². The molecule has 1 heterocycles. The molecule has 0 aliphatic rings. The lowest BCUT2D eigenvalue weighted by atomic mass is 10.1. The van der Waals surface area contributed by atoms with Crippen molar-refractivity contribution in [1.82, 2.24) is 15.3 Å². The summed E-state index contributed by atoms with van der Waals surface area (Å²) in [6.45, 7) is 0.162. The molecule has 0 aliphatic heterocycles. The molecule has 23 heavy (non-hydrogen) atoms. The first kappa shape index (κ1) is 15.1. The number of rotatable bonds is 5. The fraction of sp³-hybridized carbons (Fsp3) is 0.176. The van der Waals surface area contributed by atoms with Gasteiger partial charge in [-0.3, -0.25) is 4.79 Å². The van der Waals surface area contributed by atoms with E-state index in [9.17, 15) is 14.7 Å². The van der Waals surface area contributed by atoms with Crippen LogP contribution in [0.25, 0.3) is 11.0 Å². The highest BCUT2D eigenvalue weighted by Gasteiger charge is 2.11. The molecular weight excluding hydrogens is 294 g/mol. The molecule has 0 bridgehead atoms. The van der Waals surface area contributed by atoms with Gasteiger partial charge in [-0.25, -0.2) is 4.79 Å². The Morgan fingerprint density at radius 3 is 2.61 bits per heavy atom. The minimum Gasteiger partial charge on any atom is -0.391 e. The van der Waals surface area contributed by atoms with Gasteiger partial charge in [0.05, 0.1) is 17.1 Å². The molecule has 0 saturated heterocycles. The number of fused-ring (bicyclic) bond motifs is 1. The maximum atomic E-state index is 12.1. The Kier molecular flexibility index (Phi) is 4.25. The lowest BCUT2D eigenvalue weighted by molar-refractivity contribution is 0.0916. The van der Waals surface area contributed by atoms with Crippen LogP contribution < -0.4 is 11.0 Å². The molecule has 0 spiro atoms. The molecule has 0 saturated carbocycles. The minimum absolute atomic E-state index is 0.162. The zero-order valence-electron chi connectivity index (χ0n) is 12.4. The summed E-state index contributed by atoms with van der Waals surface area (Å²) in [5.74, 6) is -0.291. The Morgan fingerprint density at radius 1 is 1.09 bits per heavy atom. The van der Waals surface area contributed by atoms with E-state index in [-0.39, 0.29) is 18.1 Å². The van der Waals surface area contributed by atoms with Gasteiger partial charge in [0.15, 0.2) is 0 Å². The summed E-state index contributed by atoms with van der Waals surface area (Å²) in [7, 11) is 0.